The van der Waals surface area contributed by atoms with Crippen LogP contribution in [0.5, 0.6) is 0 Å². The molecule has 0 aliphatic carbocycles. The van der Waals surface area contributed by atoms with Gasteiger partial charge in [-0.2, -0.15) is 0 Å². The summed E-state index contributed by atoms with van der Waals surface area (Å²) in [6, 6.07) is 34.2. The van der Waals surface area contributed by atoms with Crippen molar-refractivity contribution in [2.45, 2.75) is 19.0 Å². The lowest BCUT2D eigenvalue weighted by molar-refractivity contribution is 0.102. The highest BCUT2D eigenvalue weighted by Crippen LogP contribution is 2.40. The lowest BCUT2D eigenvalue weighted by atomic mass is 9.85. The summed E-state index contributed by atoms with van der Waals surface area (Å²) in [4.78, 5) is 15.2. The average molecular weight is 486 g/mol. The second kappa shape index (κ2) is 10.7. The Balaban J connectivity index is 1.35. The molecule has 4 nitrogen and oxygen atoms in total. The average Bonchev–Trinajstić information content (AvgIpc) is 2.93. The first-order valence-corrected chi connectivity index (χ1v) is 12.5. The Bertz CT molecular complexity index is 1440. The lowest BCUT2D eigenvalue weighted by Crippen LogP contribution is -2.34. The SMILES string of the molecule is C=C(CC1c2ccccc2C(=C)CN1Cc1ccc(C(=O)Nc2ccccc2N)cc1)c1ccccc1. The minimum Gasteiger partial charge on any atom is -0.397 e. The summed E-state index contributed by atoms with van der Waals surface area (Å²) in [5, 5.41) is 2.89. The van der Waals surface area contributed by atoms with Crippen LogP contribution in [0.15, 0.2) is 116 Å². The quantitative estimate of drug-likeness (QED) is 0.272. The molecule has 0 saturated carbocycles. The number of hydrogen-bond acceptors (Lipinski definition) is 3. The molecule has 0 bridgehead atoms. The van der Waals surface area contributed by atoms with E-state index in [1.54, 1.807) is 12.1 Å². The third-order valence-electron chi connectivity index (χ3n) is 6.97. The van der Waals surface area contributed by atoms with Crippen molar-refractivity contribution >= 4 is 28.4 Å². The molecule has 1 unspecified atom stereocenters. The standard InChI is InChI=1S/C33H31N3O/c1-23(26-10-4-3-5-11-26)20-32-29-13-7-6-12-28(29)24(2)21-36(32)22-25-16-18-27(19-17-25)33(37)35-31-15-9-8-14-30(31)34/h3-19,32H,1-2,20-22,34H2,(H,35,37). The van der Waals surface area contributed by atoms with Gasteiger partial charge in [-0.25, -0.2) is 0 Å². The van der Waals surface area contributed by atoms with Crippen molar-refractivity contribution in [2.24, 2.45) is 0 Å². The van der Waals surface area contributed by atoms with Gasteiger partial charge in [0.25, 0.3) is 5.91 Å². The summed E-state index contributed by atoms with van der Waals surface area (Å²) in [6.45, 7) is 10.3. The first-order chi connectivity index (χ1) is 18.0. The van der Waals surface area contributed by atoms with E-state index in [0.717, 1.165) is 36.2 Å². The van der Waals surface area contributed by atoms with Crippen molar-refractivity contribution in [3.63, 3.8) is 0 Å². The molecule has 4 aromatic carbocycles. The van der Waals surface area contributed by atoms with Crippen LogP contribution in [0.2, 0.25) is 0 Å². The second-order valence-electron chi connectivity index (χ2n) is 9.52. The number of hydrogen-bond donors (Lipinski definition) is 2. The van der Waals surface area contributed by atoms with Crippen molar-refractivity contribution in [1.29, 1.82) is 0 Å². The number of para-hydroxylation sites is 2. The molecular weight excluding hydrogens is 454 g/mol. The normalized spacial score (nSPS) is 15.1. The van der Waals surface area contributed by atoms with Crippen molar-refractivity contribution < 1.29 is 4.79 Å². The van der Waals surface area contributed by atoms with E-state index in [2.05, 4.69) is 71.9 Å². The van der Waals surface area contributed by atoms with E-state index < -0.39 is 0 Å². The third-order valence-corrected chi connectivity index (χ3v) is 6.97. The molecule has 5 rings (SSSR count). The number of nitrogens with one attached hydrogen (secondary N) is 1. The van der Waals surface area contributed by atoms with Crippen molar-refractivity contribution in [3.8, 4) is 0 Å². The van der Waals surface area contributed by atoms with Crippen LogP contribution in [0.4, 0.5) is 11.4 Å². The molecular formula is C33H31N3O. The van der Waals surface area contributed by atoms with E-state index in [4.69, 9.17) is 5.73 Å². The molecule has 4 heteroatoms. The number of nitrogens with two attached hydrogens (primary N) is 1. The Morgan fingerprint density at radius 3 is 2.30 bits per heavy atom. The molecule has 0 saturated heterocycles. The van der Waals surface area contributed by atoms with Gasteiger partial charge < -0.3 is 11.1 Å². The first kappa shape index (κ1) is 24.3. The molecule has 0 aromatic heterocycles. The van der Waals surface area contributed by atoms with Crippen molar-refractivity contribution in [1.82, 2.24) is 4.90 Å². The van der Waals surface area contributed by atoms with E-state index in [0.29, 0.717) is 16.9 Å². The number of nitrogens with zero attached hydrogens (tertiary/aromatic N) is 1. The minimum atomic E-state index is -0.179. The van der Waals surface area contributed by atoms with Crippen LogP contribution in [0.1, 0.15) is 45.1 Å². The van der Waals surface area contributed by atoms with Crippen LogP contribution in [-0.4, -0.2) is 17.4 Å². The van der Waals surface area contributed by atoms with Gasteiger partial charge in [0, 0.05) is 24.7 Å². The molecule has 3 N–H and O–H groups in total. The van der Waals surface area contributed by atoms with Crippen molar-refractivity contribution in [3.05, 3.63) is 144 Å². The van der Waals surface area contributed by atoms with Crippen LogP contribution in [-0.2, 0) is 6.54 Å². The zero-order valence-corrected chi connectivity index (χ0v) is 20.9. The zero-order chi connectivity index (χ0) is 25.8. The monoisotopic (exact) mass is 485 g/mol. The maximum absolute atomic E-state index is 12.8. The summed E-state index contributed by atoms with van der Waals surface area (Å²) in [7, 11) is 0. The van der Waals surface area contributed by atoms with Crippen LogP contribution in [0.25, 0.3) is 11.1 Å². The van der Waals surface area contributed by atoms with Gasteiger partial charge in [-0.05, 0) is 64.1 Å². The Hall–Kier alpha value is -4.41. The van der Waals surface area contributed by atoms with E-state index >= 15 is 0 Å². The van der Waals surface area contributed by atoms with E-state index in [9.17, 15) is 4.79 Å². The first-order valence-electron chi connectivity index (χ1n) is 12.5. The van der Waals surface area contributed by atoms with Gasteiger partial charge in [-0.1, -0.05) is 92.0 Å². The van der Waals surface area contributed by atoms with Gasteiger partial charge in [-0.15, -0.1) is 0 Å². The molecule has 1 amide bonds. The number of carbonyl (C=O) groups excluding carboxylic acids is 1. The number of fused-ring (bicyclic) bond motifs is 1. The van der Waals surface area contributed by atoms with Gasteiger partial charge in [0.05, 0.1) is 11.4 Å². The number of amides is 1. The lowest BCUT2D eigenvalue weighted by Gasteiger charge is -2.39. The summed E-state index contributed by atoms with van der Waals surface area (Å²) < 4.78 is 0. The zero-order valence-electron chi connectivity index (χ0n) is 20.9. The summed E-state index contributed by atoms with van der Waals surface area (Å²) >= 11 is 0. The Morgan fingerprint density at radius 1 is 0.865 bits per heavy atom. The highest BCUT2D eigenvalue weighted by Gasteiger charge is 2.29. The molecule has 1 aliphatic heterocycles. The largest absolute Gasteiger partial charge is 0.397 e. The Kier molecular flexibility index (Phi) is 7.02. The van der Waals surface area contributed by atoms with Gasteiger partial charge in [-0.3, -0.25) is 9.69 Å². The number of nitrogen functional groups attached to an aromatic ring is 1. The summed E-state index contributed by atoms with van der Waals surface area (Å²) in [5.74, 6) is -0.179. The third kappa shape index (κ3) is 5.40. The van der Waals surface area contributed by atoms with Gasteiger partial charge >= 0.3 is 0 Å². The molecule has 1 heterocycles. The molecule has 37 heavy (non-hydrogen) atoms. The van der Waals surface area contributed by atoms with Crippen LogP contribution in [0.3, 0.4) is 0 Å². The van der Waals surface area contributed by atoms with Gasteiger partial charge in [0.2, 0.25) is 0 Å². The Labute approximate surface area is 218 Å². The molecule has 0 fully saturated rings. The van der Waals surface area contributed by atoms with E-state index in [1.165, 1.54) is 16.7 Å². The smallest absolute Gasteiger partial charge is 0.255 e. The molecule has 1 atom stereocenters. The molecule has 4 aromatic rings. The van der Waals surface area contributed by atoms with Gasteiger partial charge in [0.1, 0.15) is 0 Å². The molecule has 1 aliphatic rings. The molecule has 184 valence electrons. The van der Waals surface area contributed by atoms with Crippen LogP contribution < -0.4 is 11.1 Å². The van der Waals surface area contributed by atoms with Gasteiger partial charge in [0.15, 0.2) is 0 Å². The summed E-state index contributed by atoms with van der Waals surface area (Å²) in [5.41, 5.74) is 14.8. The molecule has 0 radical (unpaired) electrons. The van der Waals surface area contributed by atoms with Crippen molar-refractivity contribution in [2.75, 3.05) is 17.6 Å². The highest BCUT2D eigenvalue weighted by molar-refractivity contribution is 6.05. The number of anilines is 2. The maximum Gasteiger partial charge on any atom is 0.255 e. The second-order valence-corrected chi connectivity index (χ2v) is 9.52. The topological polar surface area (TPSA) is 58.4 Å². The number of carbonyl (C=O) groups is 1. The minimum absolute atomic E-state index is 0.179. The van der Waals surface area contributed by atoms with Crippen LogP contribution in [0, 0.1) is 0 Å². The number of benzene rings is 4. The Morgan fingerprint density at radius 2 is 1.54 bits per heavy atom. The highest BCUT2D eigenvalue weighted by atomic mass is 16.1. The maximum atomic E-state index is 12.8. The predicted molar refractivity (Wildman–Crippen MR) is 154 cm³/mol. The number of rotatable bonds is 7. The van der Waals surface area contributed by atoms with E-state index in [1.807, 2.05) is 42.5 Å². The fourth-order valence-electron chi connectivity index (χ4n) is 4.98. The predicted octanol–water partition coefficient (Wildman–Crippen LogP) is 7.19. The summed E-state index contributed by atoms with van der Waals surface area (Å²) in [6.07, 6.45) is 0.827. The fraction of sp³-hybridized carbons (Fsp3) is 0.121. The fourth-order valence-corrected chi connectivity index (χ4v) is 4.98. The van der Waals surface area contributed by atoms with Crippen LogP contribution >= 0.6 is 0 Å². The molecule has 0 spiro atoms. The van der Waals surface area contributed by atoms with E-state index in [-0.39, 0.29) is 11.9 Å².